The molecule has 1 aromatic rings. The molecule has 4 aliphatic carbocycles. The van der Waals surface area contributed by atoms with Crippen LogP contribution in [0.4, 0.5) is 5.13 Å². The number of hydrogen-bond acceptors (Lipinski definition) is 4. The Bertz CT molecular complexity index is 604. The zero-order valence-electron chi connectivity index (χ0n) is 13.4. The molecule has 0 spiro atoms. The van der Waals surface area contributed by atoms with Gasteiger partial charge in [-0.15, -0.1) is 11.3 Å². The first-order valence-electron chi connectivity index (χ1n) is 8.53. The maximum atomic E-state index is 12.8. The van der Waals surface area contributed by atoms with Gasteiger partial charge in [0.2, 0.25) is 11.8 Å². The molecular weight excluding hydrogens is 310 g/mol. The molecule has 0 unspecified atom stereocenters. The van der Waals surface area contributed by atoms with E-state index >= 15 is 0 Å². The molecule has 1 heterocycles. The lowest BCUT2D eigenvalue weighted by atomic mass is 9.49. The van der Waals surface area contributed by atoms with E-state index in [1.807, 2.05) is 12.3 Å². The van der Waals surface area contributed by atoms with Crippen LogP contribution in [0.25, 0.3) is 0 Å². The summed E-state index contributed by atoms with van der Waals surface area (Å²) < 4.78 is 0. The lowest BCUT2D eigenvalue weighted by Gasteiger charge is -2.55. The maximum absolute atomic E-state index is 12.8. The highest BCUT2D eigenvalue weighted by molar-refractivity contribution is 7.13. The minimum absolute atomic E-state index is 0.0409. The number of nitrogens with one attached hydrogen (secondary N) is 2. The van der Waals surface area contributed by atoms with Crippen LogP contribution in [0.2, 0.25) is 0 Å². The van der Waals surface area contributed by atoms with Crippen molar-refractivity contribution in [3.05, 3.63) is 11.1 Å². The number of carbonyl (C=O) groups is 2. The zero-order valence-corrected chi connectivity index (χ0v) is 14.2. The number of nitrogens with zero attached hydrogens (tertiary/aromatic N) is 1. The molecule has 4 fully saturated rings. The minimum Gasteiger partial charge on any atom is -0.347 e. The minimum atomic E-state index is -0.197. The van der Waals surface area contributed by atoms with Gasteiger partial charge in [-0.3, -0.25) is 9.59 Å². The number of amides is 2. The summed E-state index contributed by atoms with van der Waals surface area (Å²) in [5.41, 5.74) is 0.704. The van der Waals surface area contributed by atoms with Crippen molar-refractivity contribution in [2.24, 2.45) is 23.2 Å². The lowest BCUT2D eigenvalue weighted by Crippen LogP contribution is -2.54. The molecule has 5 nitrogen and oxygen atoms in total. The summed E-state index contributed by atoms with van der Waals surface area (Å²) in [7, 11) is 0. The first-order chi connectivity index (χ1) is 11.0. The van der Waals surface area contributed by atoms with Gasteiger partial charge in [-0.1, -0.05) is 0 Å². The summed E-state index contributed by atoms with van der Waals surface area (Å²) in [6, 6.07) is 0. The summed E-state index contributed by atoms with van der Waals surface area (Å²) in [5.74, 6) is 2.11. The average Bonchev–Trinajstić information content (AvgIpc) is 2.88. The Morgan fingerprint density at radius 1 is 1.22 bits per heavy atom. The molecule has 0 aliphatic heterocycles. The largest absolute Gasteiger partial charge is 0.347 e. The van der Waals surface area contributed by atoms with E-state index in [1.165, 1.54) is 30.6 Å². The van der Waals surface area contributed by atoms with Crippen LogP contribution in [-0.4, -0.2) is 23.3 Å². The zero-order chi connectivity index (χ0) is 16.0. The van der Waals surface area contributed by atoms with Crippen LogP contribution in [-0.2, 0) is 9.59 Å². The summed E-state index contributed by atoms with van der Waals surface area (Å²) in [6.07, 6.45) is 7.03. The number of thiazole rings is 1. The van der Waals surface area contributed by atoms with Gasteiger partial charge in [0.05, 0.1) is 12.2 Å². The van der Waals surface area contributed by atoms with Crippen molar-refractivity contribution in [1.82, 2.24) is 10.3 Å². The second kappa shape index (κ2) is 5.58. The van der Waals surface area contributed by atoms with Crippen LogP contribution in [0.1, 0.15) is 44.2 Å². The third-order valence-corrected chi connectivity index (χ3v) is 6.67. The smallest absolute Gasteiger partial charge is 0.245 e. The molecule has 6 heteroatoms. The second-order valence-electron chi connectivity index (χ2n) is 7.72. The quantitative estimate of drug-likeness (QED) is 0.890. The fourth-order valence-corrected chi connectivity index (χ4v) is 6.02. The van der Waals surface area contributed by atoms with Gasteiger partial charge in [0.15, 0.2) is 5.13 Å². The summed E-state index contributed by atoms with van der Waals surface area (Å²) in [5, 5.41) is 8.12. The van der Waals surface area contributed by atoms with E-state index in [0.29, 0.717) is 5.13 Å². The molecule has 4 saturated carbocycles. The molecule has 0 aromatic carbocycles. The number of rotatable bonds is 4. The van der Waals surface area contributed by atoms with Crippen molar-refractivity contribution in [2.75, 3.05) is 11.9 Å². The normalized spacial score (nSPS) is 34.4. The molecule has 124 valence electrons. The topological polar surface area (TPSA) is 71.1 Å². The SMILES string of the molecule is Cc1csc(NC(=O)CNC(=O)C23CC4CC(CC(C4)C2)C3)n1. The molecule has 0 atom stereocenters. The number of aromatic nitrogens is 1. The fourth-order valence-electron chi connectivity index (χ4n) is 5.31. The third kappa shape index (κ3) is 2.89. The van der Waals surface area contributed by atoms with Gasteiger partial charge in [0.25, 0.3) is 0 Å². The standard InChI is InChI=1S/C17H23N3O2S/c1-10-9-23-16(19-10)20-14(21)8-18-15(22)17-5-11-2-12(6-17)4-13(3-11)7-17/h9,11-13H,2-8H2,1H3,(H,18,22)(H,19,20,21). The van der Waals surface area contributed by atoms with Crippen LogP contribution in [0.5, 0.6) is 0 Å². The predicted molar refractivity (Wildman–Crippen MR) is 89.1 cm³/mol. The van der Waals surface area contributed by atoms with Gasteiger partial charge in [0, 0.05) is 10.8 Å². The first kappa shape index (κ1) is 15.1. The summed E-state index contributed by atoms with van der Waals surface area (Å²) in [4.78, 5) is 29.0. The summed E-state index contributed by atoms with van der Waals surface area (Å²) >= 11 is 1.40. The van der Waals surface area contributed by atoms with Crippen LogP contribution in [0, 0.1) is 30.1 Å². The van der Waals surface area contributed by atoms with Crippen LogP contribution >= 0.6 is 11.3 Å². The molecular formula is C17H23N3O2S. The van der Waals surface area contributed by atoms with Gasteiger partial charge in [-0.25, -0.2) is 4.98 Å². The van der Waals surface area contributed by atoms with Crippen molar-refractivity contribution in [2.45, 2.75) is 45.4 Å². The van der Waals surface area contributed by atoms with E-state index in [9.17, 15) is 9.59 Å². The predicted octanol–water partition coefficient (Wildman–Crippen LogP) is 2.72. The number of aryl methyl sites for hydroxylation is 1. The van der Waals surface area contributed by atoms with Crippen molar-refractivity contribution < 1.29 is 9.59 Å². The van der Waals surface area contributed by atoms with E-state index in [1.54, 1.807) is 0 Å². The van der Waals surface area contributed by atoms with Gasteiger partial charge >= 0.3 is 0 Å². The van der Waals surface area contributed by atoms with E-state index in [0.717, 1.165) is 42.7 Å². The van der Waals surface area contributed by atoms with Gasteiger partial charge in [-0.2, -0.15) is 0 Å². The molecule has 5 rings (SSSR count). The average molecular weight is 333 g/mol. The molecule has 2 amide bonds. The Morgan fingerprint density at radius 2 is 1.83 bits per heavy atom. The third-order valence-electron chi connectivity index (χ3n) is 5.79. The molecule has 1 aromatic heterocycles. The highest BCUT2D eigenvalue weighted by atomic mass is 32.1. The summed E-state index contributed by atoms with van der Waals surface area (Å²) in [6.45, 7) is 1.93. The van der Waals surface area contributed by atoms with Crippen molar-refractivity contribution >= 4 is 28.3 Å². The highest BCUT2D eigenvalue weighted by Gasteiger charge is 2.54. The molecule has 2 N–H and O–H groups in total. The molecule has 0 saturated heterocycles. The van der Waals surface area contributed by atoms with Gasteiger partial charge < -0.3 is 10.6 Å². The van der Waals surface area contributed by atoms with E-state index in [4.69, 9.17) is 0 Å². The van der Waals surface area contributed by atoms with Crippen LogP contribution in [0.15, 0.2) is 5.38 Å². The van der Waals surface area contributed by atoms with Crippen LogP contribution < -0.4 is 10.6 Å². The van der Waals surface area contributed by atoms with Gasteiger partial charge in [-0.05, 0) is 63.2 Å². The highest BCUT2D eigenvalue weighted by Crippen LogP contribution is 2.60. The monoisotopic (exact) mass is 333 g/mol. The Hall–Kier alpha value is -1.43. The molecule has 23 heavy (non-hydrogen) atoms. The molecule has 4 bridgehead atoms. The van der Waals surface area contributed by atoms with E-state index in [-0.39, 0.29) is 23.8 Å². The van der Waals surface area contributed by atoms with E-state index in [2.05, 4.69) is 15.6 Å². The van der Waals surface area contributed by atoms with Crippen molar-refractivity contribution in [3.8, 4) is 0 Å². The lowest BCUT2D eigenvalue weighted by molar-refractivity contribution is -0.146. The Morgan fingerprint density at radius 3 is 2.35 bits per heavy atom. The van der Waals surface area contributed by atoms with Gasteiger partial charge in [0.1, 0.15) is 0 Å². The Balaban J connectivity index is 1.34. The van der Waals surface area contributed by atoms with E-state index < -0.39 is 0 Å². The van der Waals surface area contributed by atoms with Crippen molar-refractivity contribution in [3.63, 3.8) is 0 Å². The maximum Gasteiger partial charge on any atom is 0.245 e. The van der Waals surface area contributed by atoms with Crippen LogP contribution in [0.3, 0.4) is 0 Å². The Labute approximate surface area is 140 Å². The second-order valence-corrected chi connectivity index (χ2v) is 8.58. The van der Waals surface area contributed by atoms with Crippen molar-refractivity contribution in [1.29, 1.82) is 0 Å². The number of anilines is 1. The number of carbonyl (C=O) groups excluding carboxylic acids is 2. The fraction of sp³-hybridized carbons (Fsp3) is 0.706. The Kier molecular flexibility index (Phi) is 3.67. The molecule has 4 aliphatic rings. The molecule has 0 radical (unpaired) electrons. The number of hydrogen-bond donors (Lipinski definition) is 2. The first-order valence-corrected chi connectivity index (χ1v) is 9.41.